The SMILES string of the molecule is COC(=O)c1c(NC(=S)Nc2ccon2)sc(C(=O)N(C)C)c1C. The molecule has 0 atom stereocenters. The zero-order valence-electron chi connectivity index (χ0n) is 13.5. The lowest BCUT2D eigenvalue weighted by molar-refractivity contribution is 0.0601. The summed E-state index contributed by atoms with van der Waals surface area (Å²) in [5, 5.41) is 10.0. The number of nitrogens with zero attached hydrogens (tertiary/aromatic N) is 2. The van der Waals surface area contributed by atoms with Crippen molar-refractivity contribution in [3.63, 3.8) is 0 Å². The predicted molar refractivity (Wildman–Crippen MR) is 94.8 cm³/mol. The third-order valence-electron chi connectivity index (χ3n) is 3.04. The zero-order chi connectivity index (χ0) is 17.9. The summed E-state index contributed by atoms with van der Waals surface area (Å²) in [5.74, 6) is -0.329. The number of carbonyl (C=O) groups is 2. The number of anilines is 2. The third kappa shape index (κ3) is 3.71. The van der Waals surface area contributed by atoms with Crippen LogP contribution in [0.2, 0.25) is 0 Å². The normalized spacial score (nSPS) is 10.2. The maximum Gasteiger partial charge on any atom is 0.341 e. The molecule has 0 saturated heterocycles. The molecule has 2 heterocycles. The Labute approximate surface area is 147 Å². The van der Waals surface area contributed by atoms with Gasteiger partial charge in [0.05, 0.1) is 17.6 Å². The van der Waals surface area contributed by atoms with Gasteiger partial charge < -0.3 is 24.8 Å². The summed E-state index contributed by atoms with van der Waals surface area (Å²) in [6.45, 7) is 1.69. The molecule has 0 saturated carbocycles. The number of hydrogen-bond acceptors (Lipinski definition) is 7. The molecule has 1 amide bonds. The van der Waals surface area contributed by atoms with Crippen molar-refractivity contribution in [2.75, 3.05) is 31.8 Å². The largest absolute Gasteiger partial charge is 0.465 e. The number of thiophene rings is 1. The van der Waals surface area contributed by atoms with Gasteiger partial charge in [0, 0.05) is 20.2 Å². The van der Waals surface area contributed by atoms with Crippen LogP contribution >= 0.6 is 23.6 Å². The van der Waals surface area contributed by atoms with Gasteiger partial charge in [-0.3, -0.25) is 4.79 Å². The van der Waals surface area contributed by atoms with Gasteiger partial charge in [0.1, 0.15) is 11.3 Å². The molecule has 0 fully saturated rings. The molecule has 128 valence electrons. The van der Waals surface area contributed by atoms with Crippen LogP contribution in [0.15, 0.2) is 16.9 Å². The van der Waals surface area contributed by atoms with E-state index in [1.54, 1.807) is 27.1 Å². The number of aromatic nitrogens is 1. The van der Waals surface area contributed by atoms with Crippen LogP contribution in [0.1, 0.15) is 25.6 Å². The summed E-state index contributed by atoms with van der Waals surface area (Å²) in [6, 6.07) is 1.59. The molecule has 0 aliphatic rings. The van der Waals surface area contributed by atoms with Crippen molar-refractivity contribution in [3.8, 4) is 0 Å². The summed E-state index contributed by atoms with van der Waals surface area (Å²) in [5.41, 5.74) is 0.814. The van der Waals surface area contributed by atoms with Gasteiger partial charge in [-0.05, 0) is 24.7 Å². The van der Waals surface area contributed by atoms with E-state index in [1.165, 1.54) is 18.3 Å². The van der Waals surface area contributed by atoms with Gasteiger partial charge in [0.15, 0.2) is 10.9 Å². The second kappa shape index (κ2) is 7.41. The van der Waals surface area contributed by atoms with Gasteiger partial charge in [-0.1, -0.05) is 5.16 Å². The lowest BCUT2D eigenvalue weighted by Crippen LogP contribution is -2.21. The summed E-state index contributed by atoms with van der Waals surface area (Å²) < 4.78 is 9.51. The molecule has 0 aliphatic heterocycles. The first kappa shape index (κ1) is 17.9. The Bertz CT molecular complexity index is 768. The van der Waals surface area contributed by atoms with Crippen molar-refractivity contribution in [2.45, 2.75) is 6.92 Å². The van der Waals surface area contributed by atoms with E-state index in [1.807, 2.05) is 0 Å². The smallest absolute Gasteiger partial charge is 0.341 e. The molecule has 0 aromatic carbocycles. The maximum absolute atomic E-state index is 12.3. The van der Waals surface area contributed by atoms with E-state index in [2.05, 4.69) is 15.8 Å². The molecule has 0 aliphatic carbocycles. The molecule has 2 rings (SSSR count). The molecule has 0 radical (unpaired) electrons. The lowest BCUT2D eigenvalue weighted by atomic mass is 10.1. The fraction of sp³-hybridized carbons (Fsp3) is 0.286. The summed E-state index contributed by atoms with van der Waals surface area (Å²) in [7, 11) is 4.56. The van der Waals surface area contributed by atoms with Crippen molar-refractivity contribution >= 4 is 51.4 Å². The quantitative estimate of drug-likeness (QED) is 0.627. The maximum atomic E-state index is 12.3. The molecule has 2 N–H and O–H groups in total. The van der Waals surface area contributed by atoms with Gasteiger partial charge in [0.25, 0.3) is 5.91 Å². The Hall–Kier alpha value is -2.46. The van der Waals surface area contributed by atoms with Crippen molar-refractivity contribution in [1.29, 1.82) is 0 Å². The van der Waals surface area contributed by atoms with Crippen molar-refractivity contribution < 1.29 is 18.8 Å². The first-order valence-electron chi connectivity index (χ1n) is 6.76. The van der Waals surface area contributed by atoms with Gasteiger partial charge in [-0.25, -0.2) is 4.79 Å². The molecule has 2 aromatic rings. The Balaban J connectivity index is 2.33. The topological polar surface area (TPSA) is 96.7 Å². The second-order valence-corrected chi connectivity index (χ2v) is 6.34. The summed E-state index contributed by atoms with van der Waals surface area (Å²) in [4.78, 5) is 26.2. The Morgan fingerprint density at radius 1 is 1.38 bits per heavy atom. The monoisotopic (exact) mass is 368 g/mol. The van der Waals surface area contributed by atoms with Gasteiger partial charge in [0.2, 0.25) is 0 Å². The third-order valence-corrected chi connectivity index (χ3v) is 4.44. The number of carbonyl (C=O) groups excluding carboxylic acids is 2. The first-order chi connectivity index (χ1) is 11.3. The minimum absolute atomic E-state index is 0.203. The number of ether oxygens (including phenoxy) is 1. The van der Waals surface area contributed by atoms with E-state index in [4.69, 9.17) is 21.5 Å². The van der Waals surface area contributed by atoms with Gasteiger partial charge in [-0.15, -0.1) is 11.3 Å². The number of esters is 1. The fourth-order valence-electron chi connectivity index (χ4n) is 1.88. The lowest BCUT2D eigenvalue weighted by Gasteiger charge is -2.08. The van der Waals surface area contributed by atoms with Crippen LogP contribution < -0.4 is 10.6 Å². The number of amides is 1. The van der Waals surface area contributed by atoms with Crippen molar-refractivity contribution in [2.24, 2.45) is 0 Å². The number of rotatable bonds is 4. The molecule has 2 aromatic heterocycles. The van der Waals surface area contributed by atoms with Crippen LogP contribution in [-0.2, 0) is 4.74 Å². The second-order valence-electron chi connectivity index (χ2n) is 4.92. The molecule has 8 nitrogen and oxygen atoms in total. The number of nitrogens with one attached hydrogen (secondary N) is 2. The molecule has 24 heavy (non-hydrogen) atoms. The number of methoxy groups -OCH3 is 1. The van der Waals surface area contributed by atoms with Crippen LogP contribution in [0.4, 0.5) is 10.8 Å². The van der Waals surface area contributed by atoms with E-state index >= 15 is 0 Å². The number of hydrogen-bond donors (Lipinski definition) is 2. The van der Waals surface area contributed by atoms with Crippen LogP contribution in [0.3, 0.4) is 0 Å². The molecular formula is C14H16N4O4S2. The van der Waals surface area contributed by atoms with Crippen LogP contribution in [0.25, 0.3) is 0 Å². The van der Waals surface area contributed by atoms with Crippen LogP contribution in [0.5, 0.6) is 0 Å². The average molecular weight is 368 g/mol. The Morgan fingerprint density at radius 2 is 2.08 bits per heavy atom. The molecule has 0 unspecified atom stereocenters. The van der Waals surface area contributed by atoms with E-state index in [0.29, 0.717) is 21.3 Å². The molecule has 0 bridgehead atoms. The highest BCUT2D eigenvalue weighted by molar-refractivity contribution is 7.80. The predicted octanol–water partition coefficient (Wildman–Crippen LogP) is 2.34. The number of thiocarbonyl (C=S) groups is 1. The highest BCUT2D eigenvalue weighted by Crippen LogP contribution is 2.34. The standard InChI is InChI=1S/C14H16N4O4S2/c1-7-9(13(20)21-4)11(24-10(7)12(19)18(2)3)16-14(23)15-8-5-6-22-17-8/h5-6H,1-4H3,(H2,15,16,17,23). The summed E-state index contributed by atoms with van der Waals surface area (Å²) in [6.07, 6.45) is 1.40. The highest BCUT2D eigenvalue weighted by atomic mass is 32.1. The van der Waals surface area contributed by atoms with Crippen LogP contribution in [0, 0.1) is 6.92 Å². The van der Waals surface area contributed by atoms with E-state index in [0.717, 1.165) is 11.3 Å². The van der Waals surface area contributed by atoms with Crippen molar-refractivity contribution in [1.82, 2.24) is 10.1 Å². The Morgan fingerprint density at radius 3 is 2.62 bits per heavy atom. The highest BCUT2D eigenvalue weighted by Gasteiger charge is 2.26. The van der Waals surface area contributed by atoms with E-state index in [9.17, 15) is 9.59 Å². The van der Waals surface area contributed by atoms with Gasteiger partial charge in [-0.2, -0.15) is 0 Å². The van der Waals surface area contributed by atoms with E-state index in [-0.39, 0.29) is 16.6 Å². The first-order valence-corrected chi connectivity index (χ1v) is 7.99. The molecule has 0 spiro atoms. The van der Waals surface area contributed by atoms with Crippen LogP contribution in [-0.4, -0.2) is 48.3 Å². The Kier molecular flexibility index (Phi) is 5.52. The minimum Gasteiger partial charge on any atom is -0.465 e. The molecule has 10 heteroatoms. The van der Waals surface area contributed by atoms with E-state index < -0.39 is 5.97 Å². The summed E-state index contributed by atoms with van der Waals surface area (Å²) >= 11 is 6.32. The molecular weight excluding hydrogens is 352 g/mol. The average Bonchev–Trinajstić information content (AvgIpc) is 3.14. The minimum atomic E-state index is -0.548. The fourth-order valence-corrected chi connectivity index (χ4v) is 3.38. The van der Waals surface area contributed by atoms with Crippen molar-refractivity contribution in [3.05, 3.63) is 28.3 Å². The zero-order valence-corrected chi connectivity index (χ0v) is 15.1. The van der Waals surface area contributed by atoms with Gasteiger partial charge >= 0.3 is 5.97 Å².